The molecule has 0 aliphatic carbocycles. The zero-order valence-electron chi connectivity index (χ0n) is 15.4. The maximum absolute atomic E-state index is 12.6. The average molecular weight is 382 g/mol. The molecule has 1 atom stereocenters. The first kappa shape index (κ1) is 17.9. The highest BCUT2D eigenvalue weighted by atomic mass is 32.1. The van der Waals surface area contributed by atoms with Gasteiger partial charge in [-0.1, -0.05) is 24.3 Å². The van der Waals surface area contributed by atoms with Crippen LogP contribution < -0.4 is 5.32 Å². The van der Waals surface area contributed by atoms with Gasteiger partial charge < -0.3 is 10.1 Å². The van der Waals surface area contributed by atoms with Gasteiger partial charge in [0.1, 0.15) is 4.88 Å². The van der Waals surface area contributed by atoms with E-state index in [2.05, 4.69) is 27.5 Å². The second-order valence-corrected chi connectivity index (χ2v) is 7.78. The summed E-state index contributed by atoms with van der Waals surface area (Å²) in [6.45, 7) is 3.87. The van der Waals surface area contributed by atoms with Crippen LogP contribution in [0.1, 0.15) is 38.3 Å². The minimum atomic E-state index is -0.0640. The SMILES string of the molecule is Cc1nc(C2CCOC2)sc1C(=O)NCc1ccc(-c2ccnn2C)cc1. The molecular formula is C20H22N4O2S. The van der Waals surface area contributed by atoms with Crippen LogP contribution in [-0.4, -0.2) is 33.9 Å². The first-order chi connectivity index (χ1) is 13.1. The van der Waals surface area contributed by atoms with Gasteiger partial charge in [0.05, 0.1) is 23.0 Å². The van der Waals surface area contributed by atoms with Crippen molar-refractivity contribution in [3.63, 3.8) is 0 Å². The third kappa shape index (κ3) is 3.79. The van der Waals surface area contributed by atoms with Crippen molar-refractivity contribution in [2.24, 2.45) is 7.05 Å². The molecule has 2 aromatic heterocycles. The Bertz CT molecular complexity index is 939. The molecular weight excluding hydrogens is 360 g/mol. The molecule has 1 amide bonds. The van der Waals surface area contributed by atoms with Crippen molar-refractivity contribution in [2.75, 3.05) is 13.2 Å². The maximum Gasteiger partial charge on any atom is 0.263 e. The number of thiazole rings is 1. The molecule has 1 unspecified atom stereocenters. The number of benzene rings is 1. The normalized spacial score (nSPS) is 16.6. The van der Waals surface area contributed by atoms with Crippen molar-refractivity contribution in [2.45, 2.75) is 25.8 Å². The molecule has 1 aromatic carbocycles. The predicted molar refractivity (Wildman–Crippen MR) is 105 cm³/mol. The minimum absolute atomic E-state index is 0.0640. The highest BCUT2D eigenvalue weighted by Gasteiger charge is 2.24. The molecule has 4 rings (SSSR count). The Kier molecular flexibility index (Phi) is 5.05. The zero-order chi connectivity index (χ0) is 18.8. The molecule has 7 heteroatoms. The summed E-state index contributed by atoms with van der Waals surface area (Å²) in [5, 5.41) is 8.21. The number of aryl methyl sites for hydroxylation is 2. The number of carbonyl (C=O) groups is 1. The number of nitrogens with one attached hydrogen (secondary N) is 1. The van der Waals surface area contributed by atoms with Crippen molar-refractivity contribution >= 4 is 17.2 Å². The van der Waals surface area contributed by atoms with E-state index >= 15 is 0 Å². The predicted octanol–water partition coefficient (Wildman–Crippen LogP) is 3.29. The lowest BCUT2D eigenvalue weighted by molar-refractivity contribution is 0.0954. The van der Waals surface area contributed by atoms with Crippen LogP contribution in [0.15, 0.2) is 36.5 Å². The van der Waals surface area contributed by atoms with E-state index in [4.69, 9.17) is 4.74 Å². The standard InChI is InChI=1S/C20H22N4O2S/c1-13-18(27-20(23-13)16-8-10-26-12-16)19(25)21-11-14-3-5-15(6-4-14)17-7-9-22-24(17)2/h3-7,9,16H,8,10-12H2,1-2H3,(H,21,25). The van der Waals surface area contributed by atoms with E-state index in [-0.39, 0.29) is 5.91 Å². The van der Waals surface area contributed by atoms with E-state index in [9.17, 15) is 4.79 Å². The lowest BCUT2D eigenvalue weighted by atomic mass is 10.1. The molecule has 1 N–H and O–H groups in total. The van der Waals surface area contributed by atoms with Gasteiger partial charge in [-0.15, -0.1) is 11.3 Å². The summed E-state index contributed by atoms with van der Waals surface area (Å²) in [5.41, 5.74) is 4.02. The number of hydrogen-bond donors (Lipinski definition) is 1. The molecule has 1 saturated heterocycles. The van der Waals surface area contributed by atoms with Crippen LogP contribution in [0.25, 0.3) is 11.3 Å². The van der Waals surface area contributed by atoms with Crippen LogP contribution >= 0.6 is 11.3 Å². The Morgan fingerprint density at radius 3 is 2.81 bits per heavy atom. The van der Waals surface area contributed by atoms with Crippen molar-refractivity contribution < 1.29 is 9.53 Å². The summed E-state index contributed by atoms with van der Waals surface area (Å²) in [7, 11) is 1.92. The minimum Gasteiger partial charge on any atom is -0.381 e. The summed E-state index contributed by atoms with van der Waals surface area (Å²) in [4.78, 5) is 17.9. The average Bonchev–Trinajstić information content (AvgIpc) is 3.41. The van der Waals surface area contributed by atoms with Gasteiger partial charge in [-0.05, 0) is 30.5 Å². The van der Waals surface area contributed by atoms with Gasteiger partial charge in [0, 0.05) is 32.3 Å². The Hall–Kier alpha value is -2.51. The van der Waals surface area contributed by atoms with Crippen molar-refractivity contribution in [1.82, 2.24) is 20.1 Å². The molecule has 27 heavy (non-hydrogen) atoms. The van der Waals surface area contributed by atoms with Gasteiger partial charge in [0.25, 0.3) is 5.91 Å². The topological polar surface area (TPSA) is 69.0 Å². The van der Waals surface area contributed by atoms with E-state index in [0.29, 0.717) is 23.9 Å². The van der Waals surface area contributed by atoms with Gasteiger partial charge in [-0.3, -0.25) is 9.48 Å². The van der Waals surface area contributed by atoms with Crippen LogP contribution in [0.2, 0.25) is 0 Å². The molecule has 1 aliphatic rings. The van der Waals surface area contributed by atoms with Crippen LogP contribution in [-0.2, 0) is 18.3 Å². The molecule has 1 aliphatic heterocycles. The molecule has 0 saturated carbocycles. The lowest BCUT2D eigenvalue weighted by Gasteiger charge is -2.06. The van der Waals surface area contributed by atoms with Crippen LogP contribution in [0.5, 0.6) is 0 Å². The number of carbonyl (C=O) groups excluding carboxylic acids is 1. The monoisotopic (exact) mass is 382 g/mol. The van der Waals surface area contributed by atoms with Crippen LogP contribution in [0.4, 0.5) is 0 Å². The van der Waals surface area contributed by atoms with Crippen LogP contribution in [0.3, 0.4) is 0 Å². The number of amides is 1. The molecule has 3 heterocycles. The molecule has 0 bridgehead atoms. The largest absolute Gasteiger partial charge is 0.381 e. The summed E-state index contributed by atoms with van der Waals surface area (Å²) in [6.07, 6.45) is 2.77. The first-order valence-electron chi connectivity index (χ1n) is 9.02. The summed E-state index contributed by atoms with van der Waals surface area (Å²) >= 11 is 1.49. The maximum atomic E-state index is 12.6. The Balaban J connectivity index is 1.40. The first-order valence-corrected chi connectivity index (χ1v) is 9.84. The van der Waals surface area contributed by atoms with Gasteiger partial charge >= 0.3 is 0 Å². The van der Waals surface area contributed by atoms with E-state index in [1.807, 2.05) is 36.9 Å². The van der Waals surface area contributed by atoms with Gasteiger partial charge in [0.2, 0.25) is 0 Å². The van der Waals surface area contributed by atoms with Crippen molar-refractivity contribution in [1.29, 1.82) is 0 Å². The molecule has 140 valence electrons. The second kappa shape index (κ2) is 7.62. The number of nitrogens with zero attached hydrogens (tertiary/aromatic N) is 3. The molecule has 0 radical (unpaired) electrons. The van der Waals surface area contributed by atoms with E-state index in [1.54, 1.807) is 6.20 Å². The van der Waals surface area contributed by atoms with Crippen molar-refractivity contribution in [3.05, 3.63) is 57.7 Å². The van der Waals surface area contributed by atoms with E-state index in [1.165, 1.54) is 11.3 Å². The zero-order valence-corrected chi connectivity index (χ0v) is 16.3. The summed E-state index contributed by atoms with van der Waals surface area (Å²) in [6, 6.07) is 10.1. The summed E-state index contributed by atoms with van der Waals surface area (Å²) < 4.78 is 7.27. The Labute approximate surface area is 162 Å². The number of ether oxygens (including phenoxy) is 1. The summed E-state index contributed by atoms with van der Waals surface area (Å²) in [5.74, 6) is 0.265. The number of aromatic nitrogens is 3. The van der Waals surface area contributed by atoms with Gasteiger partial charge in [0.15, 0.2) is 0 Å². The van der Waals surface area contributed by atoms with E-state index < -0.39 is 0 Å². The smallest absolute Gasteiger partial charge is 0.263 e. The number of rotatable bonds is 5. The fraction of sp³-hybridized carbons (Fsp3) is 0.350. The van der Waals surface area contributed by atoms with E-state index in [0.717, 1.165) is 40.6 Å². The fourth-order valence-electron chi connectivity index (χ4n) is 3.24. The van der Waals surface area contributed by atoms with Crippen molar-refractivity contribution in [3.8, 4) is 11.3 Å². The lowest BCUT2D eigenvalue weighted by Crippen LogP contribution is -2.22. The highest BCUT2D eigenvalue weighted by Crippen LogP contribution is 2.30. The molecule has 3 aromatic rings. The molecule has 0 spiro atoms. The third-order valence-electron chi connectivity index (χ3n) is 4.82. The highest BCUT2D eigenvalue weighted by molar-refractivity contribution is 7.13. The molecule has 1 fully saturated rings. The number of hydrogen-bond acceptors (Lipinski definition) is 5. The fourth-order valence-corrected chi connectivity index (χ4v) is 4.35. The third-order valence-corrected chi connectivity index (χ3v) is 6.14. The Morgan fingerprint density at radius 2 is 2.15 bits per heavy atom. The second-order valence-electron chi connectivity index (χ2n) is 6.75. The quantitative estimate of drug-likeness (QED) is 0.735. The van der Waals surface area contributed by atoms with Crippen LogP contribution in [0, 0.1) is 6.92 Å². The molecule has 6 nitrogen and oxygen atoms in total. The van der Waals surface area contributed by atoms with Gasteiger partial charge in [-0.2, -0.15) is 5.10 Å². The van der Waals surface area contributed by atoms with Gasteiger partial charge in [-0.25, -0.2) is 4.98 Å². The Morgan fingerprint density at radius 1 is 1.33 bits per heavy atom.